The SMILES string of the molecule is CC(C)N1CCC(C(=O)N2CCc3onc(-c4ccc(F)c(F)c4)c3C2)C1. The monoisotopic (exact) mass is 375 g/mol. The zero-order chi connectivity index (χ0) is 19.1. The molecule has 144 valence electrons. The minimum absolute atomic E-state index is 0.0144. The van der Waals surface area contributed by atoms with E-state index in [9.17, 15) is 13.6 Å². The molecule has 1 aromatic carbocycles. The summed E-state index contributed by atoms with van der Waals surface area (Å²) in [7, 11) is 0. The van der Waals surface area contributed by atoms with Gasteiger partial charge in [0.15, 0.2) is 11.6 Å². The van der Waals surface area contributed by atoms with Crippen molar-refractivity contribution in [2.75, 3.05) is 19.6 Å². The van der Waals surface area contributed by atoms with Crippen LogP contribution in [0.3, 0.4) is 0 Å². The van der Waals surface area contributed by atoms with Crippen LogP contribution in [0.1, 0.15) is 31.6 Å². The molecule has 5 nitrogen and oxygen atoms in total. The van der Waals surface area contributed by atoms with Crippen LogP contribution >= 0.6 is 0 Å². The van der Waals surface area contributed by atoms with E-state index in [4.69, 9.17) is 4.52 Å². The molecule has 0 aliphatic carbocycles. The number of fused-ring (bicyclic) bond motifs is 1. The van der Waals surface area contributed by atoms with Gasteiger partial charge < -0.3 is 14.3 Å². The Morgan fingerprint density at radius 3 is 2.78 bits per heavy atom. The second kappa shape index (κ2) is 7.03. The summed E-state index contributed by atoms with van der Waals surface area (Å²) in [6, 6.07) is 4.12. The molecule has 4 rings (SSSR count). The number of hydrogen-bond donors (Lipinski definition) is 0. The predicted molar refractivity (Wildman–Crippen MR) is 95.8 cm³/mol. The number of carbonyl (C=O) groups is 1. The van der Waals surface area contributed by atoms with Crippen LogP contribution in [0.2, 0.25) is 0 Å². The molecule has 0 N–H and O–H groups in total. The summed E-state index contributed by atoms with van der Waals surface area (Å²) in [4.78, 5) is 17.2. The van der Waals surface area contributed by atoms with Crippen LogP contribution in [0.5, 0.6) is 0 Å². The summed E-state index contributed by atoms with van der Waals surface area (Å²) in [5, 5.41) is 4.06. The topological polar surface area (TPSA) is 49.6 Å². The smallest absolute Gasteiger partial charge is 0.227 e. The van der Waals surface area contributed by atoms with E-state index in [0.717, 1.165) is 37.2 Å². The van der Waals surface area contributed by atoms with Crippen LogP contribution in [0.25, 0.3) is 11.3 Å². The Balaban J connectivity index is 1.54. The van der Waals surface area contributed by atoms with E-state index in [2.05, 4.69) is 23.9 Å². The molecule has 0 radical (unpaired) electrons. The molecule has 1 amide bonds. The lowest BCUT2D eigenvalue weighted by molar-refractivity contribution is -0.136. The van der Waals surface area contributed by atoms with Gasteiger partial charge in [0, 0.05) is 36.7 Å². The van der Waals surface area contributed by atoms with E-state index >= 15 is 0 Å². The number of halogens is 2. The van der Waals surface area contributed by atoms with Crippen molar-refractivity contribution in [3.05, 3.63) is 41.2 Å². The van der Waals surface area contributed by atoms with Crippen LogP contribution in [-0.2, 0) is 17.8 Å². The molecule has 3 heterocycles. The van der Waals surface area contributed by atoms with Crippen molar-refractivity contribution < 1.29 is 18.1 Å². The molecule has 1 aromatic heterocycles. The zero-order valence-electron chi connectivity index (χ0n) is 15.5. The van der Waals surface area contributed by atoms with Crippen molar-refractivity contribution in [1.82, 2.24) is 15.0 Å². The Labute approximate surface area is 156 Å². The summed E-state index contributed by atoms with van der Waals surface area (Å²) in [6.07, 6.45) is 1.46. The lowest BCUT2D eigenvalue weighted by atomic mass is 9.99. The lowest BCUT2D eigenvalue weighted by Crippen LogP contribution is -2.41. The van der Waals surface area contributed by atoms with E-state index in [1.807, 2.05) is 4.90 Å². The van der Waals surface area contributed by atoms with Crippen molar-refractivity contribution in [3.8, 4) is 11.3 Å². The molecule has 2 aliphatic heterocycles. The highest BCUT2D eigenvalue weighted by Crippen LogP contribution is 2.32. The van der Waals surface area contributed by atoms with Gasteiger partial charge in [-0.2, -0.15) is 0 Å². The molecule has 0 bridgehead atoms. The molecule has 2 aromatic rings. The lowest BCUT2D eigenvalue weighted by Gasteiger charge is -2.29. The zero-order valence-corrected chi connectivity index (χ0v) is 15.5. The summed E-state index contributed by atoms with van der Waals surface area (Å²) in [6.45, 7) is 7.01. The van der Waals surface area contributed by atoms with Crippen LogP contribution in [0, 0.1) is 17.6 Å². The van der Waals surface area contributed by atoms with E-state index in [1.54, 1.807) is 0 Å². The van der Waals surface area contributed by atoms with Gasteiger partial charge in [0.25, 0.3) is 0 Å². The molecule has 27 heavy (non-hydrogen) atoms. The fraction of sp³-hybridized carbons (Fsp3) is 0.500. The normalized spacial score (nSPS) is 20.3. The predicted octanol–water partition coefficient (Wildman–Crippen LogP) is 3.23. The molecular weight excluding hydrogens is 352 g/mol. The third-order valence-corrected chi connectivity index (χ3v) is 5.63. The van der Waals surface area contributed by atoms with Gasteiger partial charge in [-0.1, -0.05) is 5.16 Å². The van der Waals surface area contributed by atoms with E-state index in [1.165, 1.54) is 6.07 Å². The van der Waals surface area contributed by atoms with Gasteiger partial charge in [0.05, 0.1) is 12.5 Å². The van der Waals surface area contributed by atoms with E-state index in [-0.39, 0.29) is 11.8 Å². The average Bonchev–Trinajstić information content (AvgIpc) is 3.30. The Bertz CT molecular complexity index is 865. The van der Waals surface area contributed by atoms with Gasteiger partial charge in [-0.25, -0.2) is 8.78 Å². The number of carbonyl (C=O) groups excluding carboxylic acids is 1. The third-order valence-electron chi connectivity index (χ3n) is 5.63. The molecule has 2 aliphatic rings. The molecule has 1 atom stereocenters. The maximum atomic E-state index is 13.6. The second-order valence-electron chi connectivity index (χ2n) is 7.65. The Kier molecular flexibility index (Phi) is 4.72. The van der Waals surface area contributed by atoms with Gasteiger partial charge in [-0.3, -0.25) is 4.79 Å². The first-order valence-corrected chi connectivity index (χ1v) is 9.39. The van der Waals surface area contributed by atoms with Crippen LogP contribution in [0.4, 0.5) is 8.78 Å². The van der Waals surface area contributed by atoms with E-state index < -0.39 is 11.6 Å². The minimum Gasteiger partial charge on any atom is -0.360 e. The minimum atomic E-state index is -0.923. The molecule has 1 unspecified atom stereocenters. The van der Waals surface area contributed by atoms with Gasteiger partial charge >= 0.3 is 0 Å². The number of benzene rings is 1. The molecule has 0 saturated carbocycles. The standard InChI is InChI=1S/C20H23F2N3O2/c1-12(2)24-7-5-14(10-24)20(26)25-8-6-18-15(11-25)19(23-27-18)13-3-4-16(21)17(22)9-13/h3-4,9,12,14H,5-8,10-11H2,1-2H3. The molecule has 1 saturated heterocycles. The van der Waals surface area contributed by atoms with E-state index in [0.29, 0.717) is 42.6 Å². The van der Waals surface area contributed by atoms with Gasteiger partial charge in [-0.05, 0) is 45.0 Å². The highest BCUT2D eigenvalue weighted by Gasteiger charge is 2.35. The number of rotatable bonds is 3. The first kappa shape index (κ1) is 18.1. The van der Waals surface area contributed by atoms with Gasteiger partial charge in [0.1, 0.15) is 11.5 Å². The Morgan fingerprint density at radius 1 is 1.26 bits per heavy atom. The van der Waals surface area contributed by atoms with Crippen molar-refractivity contribution in [3.63, 3.8) is 0 Å². The van der Waals surface area contributed by atoms with Crippen LogP contribution < -0.4 is 0 Å². The molecule has 7 heteroatoms. The highest BCUT2D eigenvalue weighted by molar-refractivity contribution is 5.80. The Hall–Kier alpha value is -2.28. The van der Waals surface area contributed by atoms with Crippen molar-refractivity contribution in [2.24, 2.45) is 5.92 Å². The summed E-state index contributed by atoms with van der Waals surface area (Å²) in [5.41, 5.74) is 1.73. The molecule has 0 spiro atoms. The second-order valence-corrected chi connectivity index (χ2v) is 7.65. The third kappa shape index (κ3) is 3.36. The first-order valence-electron chi connectivity index (χ1n) is 9.39. The number of nitrogens with zero attached hydrogens (tertiary/aromatic N) is 3. The van der Waals surface area contributed by atoms with Crippen LogP contribution in [-0.4, -0.2) is 46.5 Å². The van der Waals surface area contributed by atoms with Crippen molar-refractivity contribution in [1.29, 1.82) is 0 Å². The maximum absolute atomic E-state index is 13.6. The summed E-state index contributed by atoms with van der Waals surface area (Å²) < 4.78 is 32.2. The average molecular weight is 375 g/mol. The highest BCUT2D eigenvalue weighted by atomic mass is 19.2. The quantitative estimate of drug-likeness (QED) is 0.827. The van der Waals surface area contributed by atoms with Gasteiger partial charge in [0.2, 0.25) is 5.91 Å². The first-order chi connectivity index (χ1) is 12.9. The maximum Gasteiger partial charge on any atom is 0.227 e. The fourth-order valence-corrected chi connectivity index (χ4v) is 3.98. The van der Waals surface area contributed by atoms with Gasteiger partial charge in [-0.15, -0.1) is 0 Å². The number of likely N-dealkylation sites (tertiary alicyclic amines) is 1. The molecule has 1 fully saturated rings. The fourth-order valence-electron chi connectivity index (χ4n) is 3.98. The number of hydrogen-bond acceptors (Lipinski definition) is 4. The van der Waals surface area contributed by atoms with Crippen molar-refractivity contribution in [2.45, 2.75) is 39.3 Å². The summed E-state index contributed by atoms with van der Waals surface area (Å²) >= 11 is 0. The summed E-state index contributed by atoms with van der Waals surface area (Å²) in [5.74, 6) is -0.938. The molecular formula is C20H23F2N3O2. The number of amides is 1. The largest absolute Gasteiger partial charge is 0.360 e. The van der Waals surface area contributed by atoms with Crippen LogP contribution in [0.15, 0.2) is 22.7 Å². The number of aromatic nitrogens is 1. The van der Waals surface area contributed by atoms with Crippen molar-refractivity contribution >= 4 is 5.91 Å². The Morgan fingerprint density at radius 2 is 2.07 bits per heavy atom.